The van der Waals surface area contributed by atoms with Crippen LogP contribution in [0.5, 0.6) is 0 Å². The molecule has 3 amide bonds. The van der Waals surface area contributed by atoms with Gasteiger partial charge in [-0.2, -0.15) is 0 Å². The number of anilines is 1. The van der Waals surface area contributed by atoms with Gasteiger partial charge in [0.1, 0.15) is 6.04 Å². The number of nitrogens with zero attached hydrogens (tertiary/aromatic N) is 2. The van der Waals surface area contributed by atoms with Crippen LogP contribution in [0.15, 0.2) is 60.7 Å². The Kier molecular flexibility index (Phi) is 7.67. The zero-order chi connectivity index (χ0) is 26.7. The number of benzene rings is 3. The molecule has 37 heavy (non-hydrogen) atoms. The molecule has 1 N–H and O–H groups in total. The lowest BCUT2D eigenvalue weighted by Crippen LogP contribution is -2.53. The average molecular weight is 500 g/mol. The maximum absolute atomic E-state index is 13.6. The van der Waals surface area contributed by atoms with Gasteiger partial charge in [0, 0.05) is 36.0 Å². The van der Waals surface area contributed by atoms with Crippen molar-refractivity contribution in [3.8, 4) is 0 Å². The molecule has 1 aliphatic rings. The molecule has 0 saturated heterocycles. The second kappa shape index (κ2) is 10.8. The summed E-state index contributed by atoms with van der Waals surface area (Å²) in [5.74, 6) is -0.250. The fraction of sp³-hybridized carbons (Fsp3) is 0.387. The highest BCUT2D eigenvalue weighted by Crippen LogP contribution is 2.37. The van der Waals surface area contributed by atoms with Crippen molar-refractivity contribution in [1.82, 2.24) is 10.2 Å². The Hall–Kier alpha value is -3.67. The molecule has 3 aromatic carbocycles. The fourth-order valence-corrected chi connectivity index (χ4v) is 5.11. The Morgan fingerprint density at radius 1 is 1.03 bits per heavy atom. The minimum absolute atomic E-state index is 0.0214. The van der Waals surface area contributed by atoms with E-state index in [9.17, 15) is 14.4 Å². The van der Waals surface area contributed by atoms with Crippen molar-refractivity contribution in [2.75, 3.05) is 11.4 Å². The zero-order valence-electron chi connectivity index (χ0n) is 22.5. The highest BCUT2D eigenvalue weighted by Gasteiger charge is 2.32. The van der Waals surface area contributed by atoms with Crippen LogP contribution in [0.2, 0.25) is 0 Å². The van der Waals surface area contributed by atoms with Gasteiger partial charge in [-0.05, 0) is 63.6 Å². The van der Waals surface area contributed by atoms with Crippen molar-refractivity contribution in [1.29, 1.82) is 0 Å². The van der Waals surface area contributed by atoms with Gasteiger partial charge in [0.25, 0.3) is 5.91 Å². The predicted molar refractivity (Wildman–Crippen MR) is 149 cm³/mol. The van der Waals surface area contributed by atoms with Crippen molar-refractivity contribution in [2.24, 2.45) is 0 Å². The minimum atomic E-state index is -0.571. The third-order valence-corrected chi connectivity index (χ3v) is 6.74. The van der Waals surface area contributed by atoms with Gasteiger partial charge in [-0.25, -0.2) is 0 Å². The lowest BCUT2D eigenvalue weighted by atomic mass is 10.0. The number of hydrogen-bond acceptors (Lipinski definition) is 3. The second-order valence-corrected chi connectivity index (χ2v) is 10.9. The first-order chi connectivity index (χ1) is 17.6. The number of rotatable bonds is 9. The zero-order valence-corrected chi connectivity index (χ0v) is 22.5. The molecule has 0 aliphatic carbocycles. The van der Waals surface area contributed by atoms with Crippen LogP contribution in [-0.4, -0.2) is 40.7 Å². The van der Waals surface area contributed by atoms with E-state index in [4.69, 9.17) is 0 Å². The van der Waals surface area contributed by atoms with E-state index in [0.29, 0.717) is 31.5 Å². The standard InChI is InChI=1S/C31H37N3O3/c1-6-25(29(36)32-31(3,4)5)34(20-22-12-7-11-21(2)19-22)27(35)17-10-18-33-26-16-9-14-23-13-8-15-24(28(23)26)30(33)37/h7-9,11-16,19,25H,6,10,17-18,20H2,1-5H3,(H,32,36)/t25-/m0/s1. The Bertz CT molecular complexity index is 1320. The van der Waals surface area contributed by atoms with Crippen LogP contribution >= 0.6 is 0 Å². The maximum atomic E-state index is 13.6. The van der Waals surface area contributed by atoms with E-state index in [0.717, 1.165) is 27.6 Å². The quantitative estimate of drug-likeness (QED) is 0.416. The van der Waals surface area contributed by atoms with Crippen LogP contribution in [-0.2, 0) is 16.1 Å². The molecule has 3 aromatic rings. The fourth-order valence-electron chi connectivity index (χ4n) is 5.11. The van der Waals surface area contributed by atoms with Crippen molar-refractivity contribution in [3.63, 3.8) is 0 Å². The Morgan fingerprint density at radius 2 is 1.73 bits per heavy atom. The summed E-state index contributed by atoms with van der Waals surface area (Å²) in [4.78, 5) is 43.4. The smallest absolute Gasteiger partial charge is 0.258 e. The molecule has 0 aromatic heterocycles. The molecule has 6 heteroatoms. The van der Waals surface area contributed by atoms with Crippen LogP contribution < -0.4 is 10.2 Å². The number of carbonyl (C=O) groups is 3. The summed E-state index contributed by atoms with van der Waals surface area (Å²) >= 11 is 0. The van der Waals surface area contributed by atoms with Gasteiger partial charge in [0.2, 0.25) is 11.8 Å². The van der Waals surface area contributed by atoms with Crippen molar-refractivity contribution in [3.05, 3.63) is 77.4 Å². The predicted octanol–water partition coefficient (Wildman–Crippen LogP) is 5.61. The summed E-state index contributed by atoms with van der Waals surface area (Å²) in [5.41, 5.74) is 3.32. The van der Waals surface area contributed by atoms with E-state index in [2.05, 4.69) is 11.4 Å². The molecular formula is C31H37N3O3. The molecule has 1 heterocycles. The normalized spacial score (nSPS) is 13.6. The summed E-state index contributed by atoms with van der Waals surface area (Å²) in [6.45, 7) is 10.6. The summed E-state index contributed by atoms with van der Waals surface area (Å²) in [6, 6.07) is 19.2. The Morgan fingerprint density at radius 3 is 2.41 bits per heavy atom. The van der Waals surface area contributed by atoms with E-state index >= 15 is 0 Å². The molecule has 1 aliphatic heterocycles. The highest BCUT2D eigenvalue weighted by atomic mass is 16.2. The topological polar surface area (TPSA) is 69.7 Å². The van der Waals surface area contributed by atoms with E-state index in [1.165, 1.54) is 0 Å². The number of amides is 3. The first-order valence-corrected chi connectivity index (χ1v) is 13.1. The van der Waals surface area contributed by atoms with Gasteiger partial charge in [-0.3, -0.25) is 14.4 Å². The SMILES string of the molecule is CC[C@@H](C(=O)NC(C)(C)C)N(Cc1cccc(C)c1)C(=O)CCCN1C(=O)c2cccc3cccc1c23. The van der Waals surface area contributed by atoms with Gasteiger partial charge in [-0.15, -0.1) is 0 Å². The minimum Gasteiger partial charge on any atom is -0.350 e. The summed E-state index contributed by atoms with van der Waals surface area (Å²) < 4.78 is 0. The van der Waals surface area contributed by atoms with E-state index < -0.39 is 11.6 Å². The number of aryl methyl sites for hydroxylation is 1. The first-order valence-electron chi connectivity index (χ1n) is 13.1. The van der Waals surface area contributed by atoms with Crippen LogP contribution in [0.25, 0.3) is 10.8 Å². The molecule has 194 valence electrons. The van der Waals surface area contributed by atoms with Crippen molar-refractivity contribution in [2.45, 2.75) is 72.0 Å². The third kappa shape index (κ3) is 5.85. The largest absolute Gasteiger partial charge is 0.350 e. The number of nitrogens with one attached hydrogen (secondary N) is 1. The monoisotopic (exact) mass is 499 g/mol. The maximum Gasteiger partial charge on any atom is 0.258 e. The Balaban J connectivity index is 1.50. The summed E-state index contributed by atoms with van der Waals surface area (Å²) in [5, 5.41) is 5.07. The van der Waals surface area contributed by atoms with Crippen molar-refractivity contribution >= 4 is 34.2 Å². The lowest BCUT2D eigenvalue weighted by Gasteiger charge is -2.33. The van der Waals surface area contributed by atoms with Gasteiger partial charge >= 0.3 is 0 Å². The van der Waals surface area contributed by atoms with Gasteiger partial charge in [0.15, 0.2) is 0 Å². The van der Waals surface area contributed by atoms with Crippen LogP contribution in [0.4, 0.5) is 5.69 Å². The van der Waals surface area contributed by atoms with Gasteiger partial charge < -0.3 is 15.1 Å². The highest BCUT2D eigenvalue weighted by molar-refractivity contribution is 6.25. The summed E-state index contributed by atoms with van der Waals surface area (Å²) in [6.07, 6.45) is 1.28. The molecule has 0 saturated carbocycles. The van der Waals surface area contributed by atoms with E-state index in [-0.39, 0.29) is 24.1 Å². The van der Waals surface area contributed by atoms with Crippen LogP contribution in [0.1, 0.15) is 68.4 Å². The molecule has 0 radical (unpaired) electrons. The first kappa shape index (κ1) is 26.4. The number of carbonyl (C=O) groups excluding carboxylic acids is 3. The van der Waals surface area contributed by atoms with E-state index in [1.807, 2.05) is 89.2 Å². The van der Waals surface area contributed by atoms with Crippen LogP contribution in [0.3, 0.4) is 0 Å². The Labute approximate surface area is 219 Å². The molecular weight excluding hydrogens is 462 g/mol. The van der Waals surface area contributed by atoms with E-state index in [1.54, 1.807) is 9.80 Å². The summed E-state index contributed by atoms with van der Waals surface area (Å²) in [7, 11) is 0. The van der Waals surface area contributed by atoms with Gasteiger partial charge in [0.05, 0.1) is 5.69 Å². The number of hydrogen-bond donors (Lipinski definition) is 1. The molecule has 0 spiro atoms. The lowest BCUT2D eigenvalue weighted by molar-refractivity contribution is -0.142. The molecule has 6 nitrogen and oxygen atoms in total. The molecule has 1 atom stereocenters. The van der Waals surface area contributed by atoms with Gasteiger partial charge in [-0.1, -0.05) is 61.0 Å². The molecule has 0 bridgehead atoms. The van der Waals surface area contributed by atoms with Crippen LogP contribution in [0, 0.1) is 6.92 Å². The van der Waals surface area contributed by atoms with Crippen molar-refractivity contribution < 1.29 is 14.4 Å². The average Bonchev–Trinajstić information content (AvgIpc) is 3.11. The molecule has 0 fully saturated rings. The third-order valence-electron chi connectivity index (χ3n) is 6.74. The second-order valence-electron chi connectivity index (χ2n) is 10.9. The molecule has 4 rings (SSSR count). The molecule has 0 unspecified atom stereocenters.